The quantitative estimate of drug-likeness (QED) is 0.568. The lowest BCUT2D eigenvalue weighted by Gasteiger charge is -2.11. The number of terminal acetylenes is 1. The third kappa shape index (κ3) is 4.27. The van der Waals surface area contributed by atoms with Crippen molar-refractivity contribution in [1.82, 2.24) is 0 Å². The number of hydrogen-bond donors (Lipinski definition) is 0. The first-order valence-electron chi connectivity index (χ1n) is 6.38. The molecule has 0 aromatic heterocycles. The van der Waals surface area contributed by atoms with Gasteiger partial charge in [0.1, 0.15) is 6.61 Å². The lowest BCUT2D eigenvalue weighted by atomic mass is 10.2. The molecule has 5 heteroatoms. The first-order chi connectivity index (χ1) is 10.6. The lowest BCUT2D eigenvalue weighted by molar-refractivity contribution is 0.0556. The Labute approximate surface area is 142 Å². The molecule has 0 saturated carbocycles. The molecule has 0 saturated heterocycles. The zero-order valence-corrected chi connectivity index (χ0v) is 13.9. The molecule has 0 atom stereocenters. The highest BCUT2D eigenvalue weighted by Gasteiger charge is 2.14. The summed E-state index contributed by atoms with van der Waals surface area (Å²) in [5, 5.41) is 0.318. The maximum absolute atomic E-state index is 11.8. The van der Waals surface area contributed by atoms with Crippen molar-refractivity contribution in [3.63, 3.8) is 0 Å². The highest BCUT2D eigenvalue weighted by atomic mass is 79.9. The molecule has 0 N–H and O–H groups in total. The third-order valence-electron chi connectivity index (χ3n) is 2.75. The topological polar surface area (TPSA) is 35.5 Å². The third-order valence-corrected chi connectivity index (χ3v) is 3.62. The SMILES string of the molecule is C#CCOC(=O)c1cc(Cl)c(OCc2ccccc2)c(Br)c1. The van der Waals surface area contributed by atoms with E-state index in [1.165, 1.54) is 6.07 Å². The number of benzene rings is 2. The molecule has 0 amide bonds. The Morgan fingerprint density at radius 3 is 2.64 bits per heavy atom. The van der Waals surface area contributed by atoms with Crippen LogP contribution in [0.1, 0.15) is 15.9 Å². The minimum atomic E-state index is -0.532. The van der Waals surface area contributed by atoms with Crippen LogP contribution in [0.2, 0.25) is 5.02 Å². The van der Waals surface area contributed by atoms with E-state index in [9.17, 15) is 4.79 Å². The minimum Gasteiger partial charge on any atom is -0.486 e. The van der Waals surface area contributed by atoms with E-state index in [1.54, 1.807) is 6.07 Å². The summed E-state index contributed by atoms with van der Waals surface area (Å²) in [6, 6.07) is 12.8. The molecular weight excluding hydrogens is 368 g/mol. The predicted octanol–water partition coefficient (Wildman–Crippen LogP) is 4.47. The molecule has 0 aliphatic rings. The largest absolute Gasteiger partial charge is 0.486 e. The van der Waals surface area contributed by atoms with Crippen LogP contribution < -0.4 is 4.74 Å². The van der Waals surface area contributed by atoms with Crippen molar-refractivity contribution < 1.29 is 14.3 Å². The molecule has 0 aliphatic carbocycles. The summed E-state index contributed by atoms with van der Waals surface area (Å²) in [7, 11) is 0. The van der Waals surface area contributed by atoms with Crippen LogP contribution >= 0.6 is 27.5 Å². The normalized spacial score (nSPS) is 9.86. The van der Waals surface area contributed by atoms with Crippen LogP contribution in [-0.2, 0) is 11.3 Å². The molecule has 0 spiro atoms. The van der Waals surface area contributed by atoms with Gasteiger partial charge in [0.05, 0.1) is 15.1 Å². The second-order valence-electron chi connectivity index (χ2n) is 4.32. The molecule has 2 aromatic rings. The zero-order chi connectivity index (χ0) is 15.9. The fraction of sp³-hybridized carbons (Fsp3) is 0.118. The van der Waals surface area contributed by atoms with Crippen LogP contribution in [0.5, 0.6) is 5.75 Å². The maximum atomic E-state index is 11.8. The van der Waals surface area contributed by atoms with E-state index >= 15 is 0 Å². The fourth-order valence-corrected chi connectivity index (χ4v) is 2.70. The van der Waals surface area contributed by atoms with Gasteiger partial charge in [-0.05, 0) is 33.6 Å². The number of rotatable bonds is 5. The van der Waals surface area contributed by atoms with Gasteiger partial charge in [-0.3, -0.25) is 0 Å². The number of ether oxygens (including phenoxy) is 2. The van der Waals surface area contributed by atoms with Crippen LogP contribution in [0.15, 0.2) is 46.9 Å². The van der Waals surface area contributed by atoms with Crippen LogP contribution in [-0.4, -0.2) is 12.6 Å². The second-order valence-corrected chi connectivity index (χ2v) is 5.59. The molecule has 0 unspecified atom stereocenters. The Morgan fingerprint density at radius 1 is 1.27 bits per heavy atom. The summed E-state index contributed by atoms with van der Waals surface area (Å²) < 4.78 is 11.1. The van der Waals surface area contributed by atoms with E-state index in [4.69, 9.17) is 27.5 Å². The molecule has 0 heterocycles. The highest BCUT2D eigenvalue weighted by Crippen LogP contribution is 2.35. The number of halogens is 2. The van der Waals surface area contributed by atoms with Gasteiger partial charge in [0.25, 0.3) is 0 Å². The van der Waals surface area contributed by atoms with Gasteiger partial charge in [-0.15, -0.1) is 6.42 Å². The minimum absolute atomic E-state index is 0.0830. The van der Waals surface area contributed by atoms with E-state index in [1.807, 2.05) is 30.3 Å². The van der Waals surface area contributed by atoms with Gasteiger partial charge in [0, 0.05) is 0 Å². The smallest absolute Gasteiger partial charge is 0.339 e. The van der Waals surface area contributed by atoms with Crippen molar-refractivity contribution >= 4 is 33.5 Å². The summed E-state index contributed by atoms with van der Waals surface area (Å²) in [6.07, 6.45) is 5.05. The van der Waals surface area contributed by atoms with Gasteiger partial charge in [0.2, 0.25) is 0 Å². The second kappa shape index (κ2) is 7.88. The summed E-state index contributed by atoms with van der Waals surface area (Å²) in [5.41, 5.74) is 1.32. The van der Waals surface area contributed by atoms with Gasteiger partial charge < -0.3 is 9.47 Å². The van der Waals surface area contributed by atoms with E-state index in [0.717, 1.165) is 5.56 Å². The van der Waals surface area contributed by atoms with Crippen molar-refractivity contribution in [3.05, 3.63) is 63.1 Å². The molecule has 3 nitrogen and oxygen atoms in total. The number of esters is 1. The van der Waals surface area contributed by atoms with E-state index in [0.29, 0.717) is 27.4 Å². The fourth-order valence-electron chi connectivity index (χ4n) is 1.74. The first-order valence-corrected chi connectivity index (χ1v) is 7.55. The zero-order valence-electron chi connectivity index (χ0n) is 11.5. The molecule has 0 fully saturated rings. The van der Waals surface area contributed by atoms with Crippen LogP contribution in [0.3, 0.4) is 0 Å². The molecule has 2 aromatic carbocycles. The Balaban J connectivity index is 2.13. The molecule has 0 bridgehead atoms. The number of carbonyl (C=O) groups excluding carboxylic acids is 1. The first kappa shape index (κ1) is 16.4. The Bertz CT molecular complexity index is 685. The van der Waals surface area contributed by atoms with Crippen LogP contribution in [0.25, 0.3) is 0 Å². The van der Waals surface area contributed by atoms with Crippen molar-refractivity contribution in [3.8, 4) is 18.1 Å². The summed E-state index contributed by atoms with van der Waals surface area (Å²) >= 11 is 9.53. The maximum Gasteiger partial charge on any atom is 0.339 e. The standard InChI is InChI=1S/C17H12BrClO3/c1-2-8-21-17(20)13-9-14(18)16(15(19)10-13)22-11-12-6-4-3-5-7-12/h1,3-7,9-10H,8,11H2. The van der Waals surface area contributed by atoms with Crippen molar-refractivity contribution in [2.45, 2.75) is 6.61 Å². The van der Waals surface area contributed by atoms with Gasteiger partial charge in [-0.1, -0.05) is 47.9 Å². The number of carbonyl (C=O) groups is 1. The Kier molecular flexibility index (Phi) is 5.88. The molecule has 0 aliphatic heterocycles. The molecular formula is C17H12BrClO3. The Hall–Kier alpha value is -1.96. The van der Waals surface area contributed by atoms with Crippen LogP contribution in [0.4, 0.5) is 0 Å². The number of hydrogen-bond acceptors (Lipinski definition) is 3. The van der Waals surface area contributed by atoms with Gasteiger partial charge >= 0.3 is 5.97 Å². The molecule has 2 rings (SSSR count). The summed E-state index contributed by atoms with van der Waals surface area (Å²) in [6.45, 7) is 0.292. The van der Waals surface area contributed by atoms with Gasteiger partial charge in [0.15, 0.2) is 12.4 Å². The van der Waals surface area contributed by atoms with Crippen molar-refractivity contribution in [1.29, 1.82) is 0 Å². The van der Waals surface area contributed by atoms with E-state index < -0.39 is 5.97 Å². The molecule has 0 radical (unpaired) electrons. The van der Waals surface area contributed by atoms with Crippen molar-refractivity contribution in [2.75, 3.05) is 6.61 Å². The predicted molar refractivity (Wildman–Crippen MR) is 89.0 cm³/mol. The van der Waals surface area contributed by atoms with Gasteiger partial charge in [-0.2, -0.15) is 0 Å². The van der Waals surface area contributed by atoms with Crippen LogP contribution in [0, 0.1) is 12.3 Å². The monoisotopic (exact) mass is 378 g/mol. The van der Waals surface area contributed by atoms with E-state index in [2.05, 4.69) is 21.9 Å². The summed E-state index contributed by atoms with van der Waals surface area (Å²) in [5.74, 6) is 2.17. The lowest BCUT2D eigenvalue weighted by Crippen LogP contribution is -2.06. The van der Waals surface area contributed by atoms with E-state index in [-0.39, 0.29) is 6.61 Å². The Morgan fingerprint density at radius 2 is 2.00 bits per heavy atom. The summed E-state index contributed by atoms with van der Waals surface area (Å²) in [4.78, 5) is 11.8. The van der Waals surface area contributed by atoms with Crippen molar-refractivity contribution in [2.24, 2.45) is 0 Å². The molecule has 112 valence electrons. The average Bonchev–Trinajstić information content (AvgIpc) is 2.52. The average molecular weight is 380 g/mol. The highest BCUT2D eigenvalue weighted by molar-refractivity contribution is 9.10. The molecule has 22 heavy (non-hydrogen) atoms. The van der Waals surface area contributed by atoms with Gasteiger partial charge in [-0.25, -0.2) is 4.79 Å².